The first-order chi connectivity index (χ1) is 6.13. The summed E-state index contributed by atoms with van der Waals surface area (Å²) in [7, 11) is 0. The summed E-state index contributed by atoms with van der Waals surface area (Å²) in [6, 6.07) is 6.37. The van der Waals surface area contributed by atoms with Gasteiger partial charge in [0.2, 0.25) is 0 Å². The van der Waals surface area contributed by atoms with E-state index in [1.54, 1.807) is 19.1 Å². The fourth-order valence-corrected chi connectivity index (χ4v) is 0.913. The second kappa shape index (κ2) is 3.63. The Labute approximate surface area is 76.2 Å². The average molecular weight is 175 g/mol. The summed E-state index contributed by atoms with van der Waals surface area (Å²) < 4.78 is 0. The zero-order chi connectivity index (χ0) is 9.84. The van der Waals surface area contributed by atoms with Crippen LogP contribution in [0.25, 0.3) is 6.08 Å². The molecule has 0 saturated carbocycles. The zero-order valence-corrected chi connectivity index (χ0v) is 7.15. The molecule has 0 aliphatic rings. The van der Waals surface area contributed by atoms with E-state index in [0.29, 0.717) is 11.1 Å². The third kappa shape index (κ3) is 2.24. The summed E-state index contributed by atoms with van der Waals surface area (Å²) in [5.41, 5.74) is 1.24. The summed E-state index contributed by atoms with van der Waals surface area (Å²) in [6.07, 6.45) is 1.62. The molecule has 0 unspecified atom stereocenters. The molecular weight excluding hydrogens is 166 g/mol. The molecule has 0 heterocycles. The summed E-state index contributed by atoms with van der Waals surface area (Å²) in [4.78, 5) is 0. The molecule has 0 fully saturated rings. The number of nitrogens with zero attached hydrogens (tertiary/aromatic N) is 1. The second-order valence-electron chi connectivity index (χ2n) is 2.69. The molecule has 13 heavy (non-hydrogen) atoms. The molecule has 3 heteroatoms. The van der Waals surface area contributed by atoms with Crippen LogP contribution in [0.1, 0.15) is 12.5 Å². The van der Waals surface area contributed by atoms with E-state index in [1.807, 2.05) is 6.07 Å². The minimum atomic E-state index is -0.181. The van der Waals surface area contributed by atoms with Crippen LogP contribution in [0.3, 0.4) is 0 Å². The minimum absolute atomic E-state index is 0.160. The van der Waals surface area contributed by atoms with Gasteiger partial charge in [-0.05, 0) is 30.7 Å². The quantitative estimate of drug-likeness (QED) is 0.507. The number of phenols is 2. The lowest BCUT2D eigenvalue weighted by molar-refractivity contribution is 0.403. The third-order valence-electron chi connectivity index (χ3n) is 1.56. The van der Waals surface area contributed by atoms with E-state index in [4.69, 9.17) is 15.5 Å². The standard InChI is InChI=1S/C10H9NO2/c1-7(6-11)4-8-2-3-9(12)10(13)5-8/h2-5,12-13H,1H3. The van der Waals surface area contributed by atoms with Gasteiger partial charge in [-0.1, -0.05) is 6.07 Å². The Morgan fingerprint density at radius 2 is 2.08 bits per heavy atom. The lowest BCUT2D eigenvalue weighted by atomic mass is 10.1. The number of phenolic OH excluding ortho intramolecular Hbond substituents is 2. The minimum Gasteiger partial charge on any atom is -0.504 e. The van der Waals surface area contributed by atoms with Crippen molar-refractivity contribution >= 4 is 6.08 Å². The molecule has 0 atom stereocenters. The maximum Gasteiger partial charge on any atom is 0.157 e. The maximum absolute atomic E-state index is 9.12. The lowest BCUT2D eigenvalue weighted by Gasteiger charge is -1.98. The predicted octanol–water partition coefficient (Wildman–Crippen LogP) is 2.02. The van der Waals surface area contributed by atoms with Gasteiger partial charge in [0, 0.05) is 5.57 Å². The molecule has 0 spiro atoms. The molecule has 0 radical (unpaired) electrons. The SMILES string of the molecule is CC(C#N)=Cc1ccc(O)c(O)c1. The molecule has 1 aromatic carbocycles. The van der Waals surface area contributed by atoms with E-state index >= 15 is 0 Å². The highest BCUT2D eigenvalue weighted by Gasteiger charge is 1.98. The zero-order valence-electron chi connectivity index (χ0n) is 7.15. The van der Waals surface area contributed by atoms with Crippen LogP contribution in [0.15, 0.2) is 23.8 Å². The first kappa shape index (κ1) is 9.14. The Hall–Kier alpha value is -1.95. The average Bonchev–Trinajstić information content (AvgIpc) is 2.11. The number of allylic oxidation sites excluding steroid dienone is 1. The summed E-state index contributed by atoms with van der Waals surface area (Å²) in [5, 5.41) is 26.6. The lowest BCUT2D eigenvalue weighted by Crippen LogP contribution is -1.75. The first-order valence-corrected chi connectivity index (χ1v) is 3.74. The van der Waals surface area contributed by atoms with Crippen molar-refractivity contribution in [2.45, 2.75) is 6.92 Å². The highest BCUT2D eigenvalue weighted by Crippen LogP contribution is 2.25. The Bertz CT molecular complexity index is 388. The van der Waals surface area contributed by atoms with Gasteiger partial charge in [-0.2, -0.15) is 5.26 Å². The van der Waals surface area contributed by atoms with Crippen LogP contribution in [0.5, 0.6) is 11.5 Å². The molecular formula is C10H9NO2. The molecule has 0 aliphatic heterocycles. The monoisotopic (exact) mass is 175 g/mol. The van der Waals surface area contributed by atoms with Crippen molar-refractivity contribution in [2.75, 3.05) is 0 Å². The number of rotatable bonds is 1. The molecule has 3 nitrogen and oxygen atoms in total. The molecule has 0 saturated heterocycles. The smallest absolute Gasteiger partial charge is 0.157 e. The number of hydrogen-bond acceptors (Lipinski definition) is 3. The summed E-state index contributed by atoms with van der Waals surface area (Å²) in [6.45, 7) is 1.67. The fourth-order valence-electron chi connectivity index (χ4n) is 0.913. The number of hydrogen-bond donors (Lipinski definition) is 2. The Morgan fingerprint density at radius 3 is 2.62 bits per heavy atom. The molecule has 0 aromatic heterocycles. The normalized spacial score (nSPS) is 10.9. The van der Waals surface area contributed by atoms with Gasteiger partial charge in [0.1, 0.15) is 0 Å². The van der Waals surface area contributed by atoms with Crippen LogP contribution in [-0.4, -0.2) is 10.2 Å². The molecule has 1 rings (SSSR count). The van der Waals surface area contributed by atoms with Crippen LogP contribution in [0.2, 0.25) is 0 Å². The van der Waals surface area contributed by atoms with E-state index in [0.717, 1.165) is 0 Å². The second-order valence-corrected chi connectivity index (χ2v) is 2.69. The van der Waals surface area contributed by atoms with Gasteiger partial charge in [0.25, 0.3) is 0 Å². The highest BCUT2D eigenvalue weighted by molar-refractivity contribution is 5.59. The van der Waals surface area contributed by atoms with Gasteiger partial charge in [-0.15, -0.1) is 0 Å². The van der Waals surface area contributed by atoms with Crippen LogP contribution < -0.4 is 0 Å². The Kier molecular flexibility index (Phi) is 2.56. The Morgan fingerprint density at radius 1 is 1.38 bits per heavy atom. The predicted molar refractivity (Wildman–Crippen MR) is 49.0 cm³/mol. The molecule has 2 N–H and O–H groups in total. The first-order valence-electron chi connectivity index (χ1n) is 3.74. The van der Waals surface area contributed by atoms with Crippen molar-refractivity contribution in [1.82, 2.24) is 0 Å². The van der Waals surface area contributed by atoms with Crippen molar-refractivity contribution in [1.29, 1.82) is 5.26 Å². The van der Waals surface area contributed by atoms with Crippen LogP contribution in [-0.2, 0) is 0 Å². The van der Waals surface area contributed by atoms with Crippen molar-refractivity contribution < 1.29 is 10.2 Å². The molecule has 0 aliphatic carbocycles. The van der Waals surface area contributed by atoms with Crippen molar-refractivity contribution in [3.8, 4) is 17.6 Å². The largest absolute Gasteiger partial charge is 0.504 e. The van der Waals surface area contributed by atoms with E-state index in [9.17, 15) is 0 Å². The van der Waals surface area contributed by atoms with Crippen molar-refractivity contribution in [3.63, 3.8) is 0 Å². The highest BCUT2D eigenvalue weighted by atomic mass is 16.3. The number of nitriles is 1. The third-order valence-corrected chi connectivity index (χ3v) is 1.56. The molecule has 0 bridgehead atoms. The number of aromatic hydroxyl groups is 2. The van der Waals surface area contributed by atoms with E-state index < -0.39 is 0 Å². The van der Waals surface area contributed by atoms with E-state index in [1.165, 1.54) is 12.1 Å². The van der Waals surface area contributed by atoms with Crippen molar-refractivity contribution in [2.24, 2.45) is 0 Å². The fraction of sp³-hybridized carbons (Fsp3) is 0.100. The summed E-state index contributed by atoms with van der Waals surface area (Å²) >= 11 is 0. The summed E-state index contributed by atoms with van der Waals surface area (Å²) in [5.74, 6) is -0.341. The molecule has 66 valence electrons. The van der Waals surface area contributed by atoms with E-state index in [2.05, 4.69) is 0 Å². The van der Waals surface area contributed by atoms with Gasteiger partial charge in [0.15, 0.2) is 11.5 Å². The van der Waals surface area contributed by atoms with Crippen molar-refractivity contribution in [3.05, 3.63) is 29.3 Å². The topological polar surface area (TPSA) is 64.2 Å². The van der Waals surface area contributed by atoms with Gasteiger partial charge >= 0.3 is 0 Å². The molecule has 0 amide bonds. The van der Waals surface area contributed by atoms with Gasteiger partial charge in [0.05, 0.1) is 6.07 Å². The van der Waals surface area contributed by atoms with E-state index in [-0.39, 0.29) is 11.5 Å². The Balaban J connectivity index is 3.07. The maximum atomic E-state index is 9.12. The molecule has 1 aromatic rings. The number of benzene rings is 1. The van der Waals surface area contributed by atoms with Gasteiger partial charge < -0.3 is 10.2 Å². The van der Waals surface area contributed by atoms with Crippen LogP contribution >= 0.6 is 0 Å². The van der Waals surface area contributed by atoms with Gasteiger partial charge in [-0.25, -0.2) is 0 Å². The van der Waals surface area contributed by atoms with Gasteiger partial charge in [-0.3, -0.25) is 0 Å². The van der Waals surface area contributed by atoms with Crippen LogP contribution in [0, 0.1) is 11.3 Å². The van der Waals surface area contributed by atoms with Crippen LogP contribution in [0.4, 0.5) is 0 Å².